The molecule has 0 radical (unpaired) electrons. The minimum Gasteiger partial charge on any atom is -0.481 e. The summed E-state index contributed by atoms with van der Waals surface area (Å²) in [6.07, 6.45) is 0.731. The van der Waals surface area contributed by atoms with Crippen LogP contribution in [0.1, 0.15) is 17.9 Å². The number of carboxylic acid groups (broad SMARTS) is 1. The number of hydrogen-bond donors (Lipinski definition) is 3. The SMILES string of the molecule is COC1CN(C(=O)Nc2cccc([C@@H]3CNCC[C@H]3C(=O)O)c2)C1. The van der Waals surface area contributed by atoms with Gasteiger partial charge in [0.05, 0.1) is 25.1 Å². The van der Waals surface area contributed by atoms with E-state index in [4.69, 9.17) is 4.74 Å². The number of nitrogens with one attached hydrogen (secondary N) is 2. The molecule has 2 saturated heterocycles. The van der Waals surface area contributed by atoms with Crippen molar-refractivity contribution in [2.45, 2.75) is 18.4 Å². The highest BCUT2D eigenvalue weighted by molar-refractivity contribution is 5.90. The van der Waals surface area contributed by atoms with Crippen molar-refractivity contribution < 1.29 is 19.4 Å². The maximum Gasteiger partial charge on any atom is 0.322 e. The molecular formula is C17H23N3O4. The van der Waals surface area contributed by atoms with Crippen LogP contribution >= 0.6 is 0 Å². The third-order valence-corrected chi connectivity index (χ3v) is 4.83. The first-order valence-electron chi connectivity index (χ1n) is 8.20. The first kappa shape index (κ1) is 16.7. The third-order valence-electron chi connectivity index (χ3n) is 4.83. The lowest BCUT2D eigenvalue weighted by molar-refractivity contribution is -0.143. The number of benzene rings is 1. The molecule has 0 aromatic heterocycles. The Balaban J connectivity index is 1.67. The number of anilines is 1. The summed E-state index contributed by atoms with van der Waals surface area (Å²) >= 11 is 0. The predicted molar refractivity (Wildman–Crippen MR) is 89.2 cm³/mol. The molecule has 24 heavy (non-hydrogen) atoms. The van der Waals surface area contributed by atoms with Gasteiger partial charge in [0.2, 0.25) is 0 Å². The van der Waals surface area contributed by atoms with E-state index in [2.05, 4.69) is 10.6 Å². The number of likely N-dealkylation sites (tertiary alicyclic amines) is 1. The summed E-state index contributed by atoms with van der Waals surface area (Å²) < 4.78 is 5.17. The topological polar surface area (TPSA) is 90.9 Å². The van der Waals surface area contributed by atoms with Crippen LogP contribution in [-0.4, -0.2) is 61.4 Å². The van der Waals surface area contributed by atoms with Gasteiger partial charge in [-0.05, 0) is 30.7 Å². The molecule has 2 aliphatic heterocycles. The third kappa shape index (κ3) is 3.52. The van der Waals surface area contributed by atoms with Crippen molar-refractivity contribution in [2.75, 3.05) is 38.6 Å². The molecule has 0 unspecified atom stereocenters. The van der Waals surface area contributed by atoms with E-state index in [-0.39, 0.29) is 18.1 Å². The summed E-state index contributed by atoms with van der Waals surface area (Å²) in [5, 5.41) is 15.6. The van der Waals surface area contributed by atoms with E-state index >= 15 is 0 Å². The van der Waals surface area contributed by atoms with Crippen LogP contribution in [0, 0.1) is 5.92 Å². The average Bonchev–Trinajstić information content (AvgIpc) is 2.54. The Labute approximate surface area is 141 Å². The quantitative estimate of drug-likeness (QED) is 0.773. The molecule has 130 valence electrons. The number of carbonyl (C=O) groups excluding carboxylic acids is 1. The van der Waals surface area contributed by atoms with Crippen LogP contribution in [0.4, 0.5) is 10.5 Å². The molecule has 2 heterocycles. The molecular weight excluding hydrogens is 310 g/mol. The van der Waals surface area contributed by atoms with E-state index in [0.717, 1.165) is 12.1 Å². The lowest BCUT2D eigenvalue weighted by Gasteiger charge is -2.38. The molecule has 1 aromatic carbocycles. The van der Waals surface area contributed by atoms with Gasteiger partial charge in [-0.15, -0.1) is 0 Å². The van der Waals surface area contributed by atoms with Gasteiger partial charge in [-0.25, -0.2) is 4.79 Å². The van der Waals surface area contributed by atoms with Gasteiger partial charge < -0.3 is 25.4 Å². The number of ether oxygens (including phenoxy) is 1. The van der Waals surface area contributed by atoms with Gasteiger partial charge in [-0.3, -0.25) is 4.79 Å². The van der Waals surface area contributed by atoms with Crippen molar-refractivity contribution in [2.24, 2.45) is 5.92 Å². The van der Waals surface area contributed by atoms with Crippen LogP contribution in [-0.2, 0) is 9.53 Å². The normalized spacial score (nSPS) is 24.3. The van der Waals surface area contributed by atoms with Gasteiger partial charge >= 0.3 is 12.0 Å². The van der Waals surface area contributed by atoms with Gasteiger partial charge in [-0.2, -0.15) is 0 Å². The average molecular weight is 333 g/mol. The number of methoxy groups -OCH3 is 1. The minimum atomic E-state index is -0.762. The van der Waals surface area contributed by atoms with Crippen LogP contribution in [0.15, 0.2) is 24.3 Å². The fourth-order valence-corrected chi connectivity index (χ4v) is 3.31. The molecule has 1 aromatic rings. The van der Waals surface area contributed by atoms with Crippen LogP contribution in [0.3, 0.4) is 0 Å². The molecule has 0 aliphatic carbocycles. The van der Waals surface area contributed by atoms with Crippen LogP contribution in [0.5, 0.6) is 0 Å². The van der Waals surface area contributed by atoms with E-state index in [9.17, 15) is 14.7 Å². The van der Waals surface area contributed by atoms with E-state index in [1.165, 1.54) is 0 Å². The zero-order valence-corrected chi connectivity index (χ0v) is 13.7. The van der Waals surface area contributed by atoms with Crippen LogP contribution in [0.2, 0.25) is 0 Å². The number of piperidine rings is 1. The van der Waals surface area contributed by atoms with E-state index in [1.54, 1.807) is 12.0 Å². The number of carbonyl (C=O) groups is 2. The predicted octanol–water partition coefficient (Wildman–Crippen LogP) is 1.33. The summed E-state index contributed by atoms with van der Waals surface area (Å²) in [5.41, 5.74) is 1.62. The number of hydrogen-bond acceptors (Lipinski definition) is 4. The number of amides is 2. The van der Waals surface area contributed by atoms with Gasteiger partial charge in [-0.1, -0.05) is 12.1 Å². The fourth-order valence-electron chi connectivity index (χ4n) is 3.31. The Morgan fingerprint density at radius 3 is 2.88 bits per heavy atom. The van der Waals surface area contributed by atoms with Crippen LogP contribution in [0.25, 0.3) is 0 Å². The van der Waals surface area contributed by atoms with E-state index in [0.29, 0.717) is 31.7 Å². The molecule has 0 spiro atoms. The highest BCUT2D eigenvalue weighted by Crippen LogP contribution is 2.31. The summed E-state index contributed by atoms with van der Waals surface area (Å²) in [5.74, 6) is -1.24. The second-order valence-electron chi connectivity index (χ2n) is 6.36. The minimum absolute atomic E-state index is 0.0880. The second kappa shape index (κ2) is 7.19. The van der Waals surface area contributed by atoms with Crippen molar-refractivity contribution in [1.82, 2.24) is 10.2 Å². The molecule has 0 bridgehead atoms. The summed E-state index contributed by atoms with van der Waals surface area (Å²) in [6.45, 7) is 2.54. The molecule has 3 rings (SSSR count). The number of nitrogens with zero attached hydrogens (tertiary/aromatic N) is 1. The maximum absolute atomic E-state index is 12.2. The molecule has 7 nitrogen and oxygen atoms in total. The van der Waals surface area contributed by atoms with Gasteiger partial charge in [0.1, 0.15) is 0 Å². The smallest absolute Gasteiger partial charge is 0.322 e. The number of rotatable bonds is 4. The first-order chi connectivity index (χ1) is 11.6. The molecule has 2 aliphatic rings. The molecule has 2 fully saturated rings. The zero-order valence-electron chi connectivity index (χ0n) is 13.7. The maximum atomic E-state index is 12.2. The van der Waals surface area contributed by atoms with Crippen molar-refractivity contribution in [3.8, 4) is 0 Å². The second-order valence-corrected chi connectivity index (χ2v) is 6.36. The fraction of sp³-hybridized carbons (Fsp3) is 0.529. The van der Waals surface area contributed by atoms with Crippen molar-refractivity contribution in [3.63, 3.8) is 0 Å². The Bertz CT molecular complexity index is 616. The zero-order chi connectivity index (χ0) is 17.1. The Morgan fingerprint density at radius 1 is 1.38 bits per heavy atom. The Hall–Kier alpha value is -2.12. The molecule has 0 saturated carbocycles. The summed E-state index contributed by atoms with van der Waals surface area (Å²) in [7, 11) is 1.64. The summed E-state index contributed by atoms with van der Waals surface area (Å²) in [4.78, 5) is 25.3. The largest absolute Gasteiger partial charge is 0.481 e. The van der Waals surface area contributed by atoms with Gasteiger partial charge in [0, 0.05) is 25.3 Å². The number of aliphatic carboxylic acids is 1. The summed E-state index contributed by atoms with van der Waals surface area (Å²) in [6, 6.07) is 7.32. The lowest BCUT2D eigenvalue weighted by Crippen LogP contribution is -2.55. The lowest BCUT2D eigenvalue weighted by atomic mass is 9.81. The Morgan fingerprint density at radius 2 is 2.17 bits per heavy atom. The Kier molecular flexibility index (Phi) is 5.01. The van der Waals surface area contributed by atoms with Gasteiger partial charge in [0.25, 0.3) is 0 Å². The van der Waals surface area contributed by atoms with Crippen molar-refractivity contribution in [1.29, 1.82) is 0 Å². The van der Waals surface area contributed by atoms with Crippen LogP contribution < -0.4 is 10.6 Å². The highest BCUT2D eigenvalue weighted by atomic mass is 16.5. The standard InChI is InChI=1S/C17H23N3O4/c1-24-13-9-20(10-13)17(23)19-12-4-2-3-11(7-12)15-8-18-6-5-14(15)16(21)22/h2-4,7,13-15,18H,5-6,8-10H2,1H3,(H,19,23)(H,21,22)/t14-,15+/m1/s1. The molecule has 3 N–H and O–H groups in total. The van der Waals surface area contributed by atoms with E-state index < -0.39 is 11.9 Å². The van der Waals surface area contributed by atoms with E-state index in [1.807, 2.05) is 24.3 Å². The van der Waals surface area contributed by atoms with Crippen molar-refractivity contribution >= 4 is 17.7 Å². The highest BCUT2D eigenvalue weighted by Gasteiger charge is 2.33. The number of carboxylic acids is 1. The molecule has 2 atom stereocenters. The van der Waals surface area contributed by atoms with Crippen molar-refractivity contribution in [3.05, 3.63) is 29.8 Å². The molecule has 7 heteroatoms. The number of urea groups is 1. The molecule has 2 amide bonds. The van der Waals surface area contributed by atoms with Gasteiger partial charge in [0.15, 0.2) is 0 Å². The monoisotopic (exact) mass is 333 g/mol. The first-order valence-corrected chi connectivity index (χ1v) is 8.20.